The number of amides is 3. The first-order chi connectivity index (χ1) is 18.0. The van der Waals surface area contributed by atoms with Gasteiger partial charge in [0.2, 0.25) is 11.8 Å². The van der Waals surface area contributed by atoms with Crippen molar-refractivity contribution in [1.82, 2.24) is 20.4 Å². The van der Waals surface area contributed by atoms with Gasteiger partial charge in [0.05, 0.1) is 12.1 Å². The molecule has 0 aromatic carbocycles. The zero-order chi connectivity index (χ0) is 25.8. The number of aliphatic hydroxyl groups is 1. The number of nitrogens with one attached hydrogen (secondary N) is 2. The van der Waals surface area contributed by atoms with Crippen LogP contribution >= 0.6 is 0 Å². The molecule has 2 unspecified atom stereocenters. The lowest BCUT2D eigenvalue weighted by atomic mass is 9.92. The van der Waals surface area contributed by atoms with Crippen LogP contribution in [-0.4, -0.2) is 82.5 Å². The summed E-state index contributed by atoms with van der Waals surface area (Å²) in [5.74, 6) is 0.0272. The Morgan fingerprint density at radius 1 is 0.946 bits per heavy atom. The quantitative estimate of drug-likeness (QED) is 0.501. The Hall–Kier alpha value is -1.93. The molecular formula is C29H46N4O4. The van der Waals surface area contributed by atoms with E-state index in [-0.39, 0.29) is 29.8 Å². The Balaban J connectivity index is 1.39. The van der Waals surface area contributed by atoms with Crippen molar-refractivity contribution in [2.75, 3.05) is 19.6 Å². The summed E-state index contributed by atoms with van der Waals surface area (Å²) in [5.41, 5.74) is 0. The molecule has 4 fully saturated rings. The fourth-order valence-corrected chi connectivity index (χ4v) is 7.12. The minimum absolute atomic E-state index is 0.119. The van der Waals surface area contributed by atoms with Gasteiger partial charge < -0.3 is 20.6 Å². The van der Waals surface area contributed by atoms with E-state index in [4.69, 9.17) is 0 Å². The highest BCUT2D eigenvalue weighted by Gasteiger charge is 2.51. The van der Waals surface area contributed by atoms with Gasteiger partial charge in [-0.15, -0.1) is 0 Å². The topological polar surface area (TPSA) is 102 Å². The molecule has 2 saturated carbocycles. The van der Waals surface area contributed by atoms with Crippen LogP contribution in [0.15, 0.2) is 12.2 Å². The smallest absolute Gasteiger partial charge is 0.251 e. The third kappa shape index (κ3) is 6.39. The lowest BCUT2D eigenvalue weighted by molar-refractivity contribution is -0.145. The maximum absolute atomic E-state index is 14.2. The standard InChI is InChI=1S/C29H46N4O4/c34-26(28(36)30-21-15-16-21)23-13-6-3-1-2-4-7-14-24(32-17-8-5-9-18-32)29(37)33-19-20-11-10-12-22(20)25(33)27(35)31-23/h3,6,20-26,34H,1-2,4-5,7-19H2,(H,30,36)(H,31,35)/b6-3-/t20-,22-,23?,24-,25-,26?/m0/s1. The van der Waals surface area contributed by atoms with Crippen molar-refractivity contribution in [3.63, 3.8) is 0 Å². The second-order valence-electron chi connectivity index (χ2n) is 12.1. The van der Waals surface area contributed by atoms with Crippen LogP contribution in [0.4, 0.5) is 0 Å². The second kappa shape index (κ2) is 12.3. The van der Waals surface area contributed by atoms with E-state index >= 15 is 0 Å². The molecule has 6 atom stereocenters. The van der Waals surface area contributed by atoms with Crippen molar-refractivity contribution in [3.8, 4) is 0 Å². The first-order valence-electron chi connectivity index (χ1n) is 15.0. The summed E-state index contributed by atoms with van der Waals surface area (Å²) in [4.78, 5) is 45.0. The summed E-state index contributed by atoms with van der Waals surface area (Å²) in [6, 6.07) is -1.23. The van der Waals surface area contributed by atoms with Gasteiger partial charge in [0.25, 0.3) is 5.91 Å². The molecule has 3 heterocycles. The summed E-state index contributed by atoms with van der Waals surface area (Å²) >= 11 is 0. The zero-order valence-electron chi connectivity index (χ0n) is 22.3. The molecule has 0 radical (unpaired) electrons. The molecule has 0 spiro atoms. The Bertz CT molecular complexity index is 853. The molecule has 37 heavy (non-hydrogen) atoms. The van der Waals surface area contributed by atoms with E-state index in [0.717, 1.165) is 90.1 Å². The number of carbonyl (C=O) groups is 3. The van der Waals surface area contributed by atoms with Crippen LogP contribution in [0.3, 0.4) is 0 Å². The van der Waals surface area contributed by atoms with Crippen LogP contribution in [0, 0.1) is 11.8 Å². The number of rotatable bonds is 4. The summed E-state index contributed by atoms with van der Waals surface area (Å²) in [5, 5.41) is 16.9. The molecular weight excluding hydrogens is 468 g/mol. The van der Waals surface area contributed by atoms with Gasteiger partial charge in [-0.05, 0) is 89.1 Å². The number of hydrogen-bond acceptors (Lipinski definition) is 5. The highest BCUT2D eigenvalue weighted by molar-refractivity contribution is 5.91. The van der Waals surface area contributed by atoms with Crippen molar-refractivity contribution in [2.24, 2.45) is 11.8 Å². The van der Waals surface area contributed by atoms with Crippen LogP contribution in [0.1, 0.15) is 89.9 Å². The molecule has 3 N–H and O–H groups in total. The number of carbonyl (C=O) groups excluding carboxylic acids is 3. The number of aliphatic hydroxyl groups excluding tert-OH is 1. The maximum atomic E-state index is 14.2. The minimum Gasteiger partial charge on any atom is -0.381 e. The minimum atomic E-state index is -1.31. The maximum Gasteiger partial charge on any atom is 0.251 e. The van der Waals surface area contributed by atoms with Crippen LogP contribution in [0.2, 0.25) is 0 Å². The van der Waals surface area contributed by atoms with E-state index in [1.165, 1.54) is 6.42 Å². The van der Waals surface area contributed by atoms with E-state index in [0.29, 0.717) is 18.9 Å². The molecule has 5 aliphatic rings. The predicted molar refractivity (Wildman–Crippen MR) is 141 cm³/mol. The molecule has 8 nitrogen and oxygen atoms in total. The van der Waals surface area contributed by atoms with E-state index in [1.807, 2.05) is 11.0 Å². The third-order valence-electron chi connectivity index (χ3n) is 9.36. The molecule has 8 heteroatoms. The fourth-order valence-electron chi connectivity index (χ4n) is 7.12. The molecule has 3 amide bonds. The lowest BCUT2D eigenvalue weighted by Crippen LogP contribution is -2.58. The van der Waals surface area contributed by atoms with Crippen molar-refractivity contribution in [3.05, 3.63) is 12.2 Å². The number of fused-ring (bicyclic) bond motifs is 3. The van der Waals surface area contributed by atoms with Gasteiger partial charge >= 0.3 is 0 Å². The van der Waals surface area contributed by atoms with E-state index in [9.17, 15) is 19.5 Å². The molecule has 0 aromatic heterocycles. The third-order valence-corrected chi connectivity index (χ3v) is 9.36. The van der Waals surface area contributed by atoms with Crippen LogP contribution in [0.25, 0.3) is 0 Å². The average Bonchev–Trinajstić information content (AvgIpc) is 3.47. The molecule has 0 aromatic rings. The van der Waals surface area contributed by atoms with Gasteiger partial charge in [-0.1, -0.05) is 37.8 Å². The molecule has 0 bridgehead atoms. The Labute approximate surface area is 221 Å². The van der Waals surface area contributed by atoms with Gasteiger partial charge in [0, 0.05) is 12.6 Å². The Morgan fingerprint density at radius 3 is 2.51 bits per heavy atom. The van der Waals surface area contributed by atoms with E-state index in [2.05, 4.69) is 21.6 Å². The van der Waals surface area contributed by atoms with Crippen LogP contribution in [-0.2, 0) is 14.4 Å². The highest BCUT2D eigenvalue weighted by Crippen LogP contribution is 2.43. The molecule has 2 aliphatic carbocycles. The van der Waals surface area contributed by atoms with Crippen molar-refractivity contribution in [2.45, 2.75) is 120 Å². The van der Waals surface area contributed by atoms with Gasteiger partial charge in [-0.2, -0.15) is 0 Å². The number of hydrogen-bond donors (Lipinski definition) is 3. The molecule has 3 aliphatic heterocycles. The van der Waals surface area contributed by atoms with Gasteiger partial charge in [0.1, 0.15) is 6.04 Å². The highest BCUT2D eigenvalue weighted by atomic mass is 16.3. The number of piperidine rings is 1. The monoisotopic (exact) mass is 514 g/mol. The summed E-state index contributed by atoms with van der Waals surface area (Å²) in [6.45, 7) is 2.57. The fraction of sp³-hybridized carbons (Fsp3) is 0.828. The number of nitrogens with zero attached hydrogens (tertiary/aromatic N) is 2. The number of allylic oxidation sites excluding steroid dienone is 1. The van der Waals surface area contributed by atoms with E-state index in [1.54, 1.807) is 0 Å². The van der Waals surface area contributed by atoms with Crippen molar-refractivity contribution >= 4 is 17.7 Å². The summed E-state index contributed by atoms with van der Waals surface area (Å²) < 4.78 is 0. The molecule has 5 rings (SSSR count). The van der Waals surface area contributed by atoms with Gasteiger partial charge in [0.15, 0.2) is 6.10 Å². The number of likely N-dealkylation sites (tertiary alicyclic amines) is 1. The SMILES string of the molecule is O=C(NC1CC1)C(O)C1C/C=C\CCCCC[C@H](N2CCCCC2)C(=O)N2C[C@@H]3CCC[C@@H]3[C@H]2C(=O)N1. The van der Waals surface area contributed by atoms with E-state index < -0.39 is 24.1 Å². The van der Waals surface area contributed by atoms with Crippen LogP contribution < -0.4 is 10.6 Å². The Morgan fingerprint density at radius 2 is 1.73 bits per heavy atom. The molecule has 2 saturated heterocycles. The average molecular weight is 515 g/mol. The van der Waals surface area contributed by atoms with Crippen molar-refractivity contribution in [1.29, 1.82) is 0 Å². The summed E-state index contributed by atoms with van der Waals surface area (Å²) in [7, 11) is 0. The lowest BCUT2D eigenvalue weighted by Gasteiger charge is -2.38. The van der Waals surface area contributed by atoms with Crippen LogP contribution in [0.5, 0.6) is 0 Å². The Kier molecular flexibility index (Phi) is 8.86. The second-order valence-corrected chi connectivity index (χ2v) is 12.1. The van der Waals surface area contributed by atoms with Gasteiger partial charge in [-0.25, -0.2) is 0 Å². The van der Waals surface area contributed by atoms with Crippen molar-refractivity contribution < 1.29 is 19.5 Å². The first kappa shape index (κ1) is 26.7. The first-order valence-corrected chi connectivity index (χ1v) is 15.0. The molecule has 206 valence electrons. The zero-order valence-corrected chi connectivity index (χ0v) is 22.3. The van der Waals surface area contributed by atoms with Gasteiger partial charge in [-0.3, -0.25) is 19.3 Å². The predicted octanol–water partition coefficient (Wildman–Crippen LogP) is 2.50. The normalized spacial score (nSPS) is 36.0. The summed E-state index contributed by atoms with van der Waals surface area (Å²) in [6.07, 6.45) is 16.6. The largest absolute Gasteiger partial charge is 0.381 e.